The van der Waals surface area contributed by atoms with E-state index in [1.165, 1.54) is 30.2 Å². The highest BCUT2D eigenvalue weighted by Crippen LogP contribution is 2.30. The van der Waals surface area contributed by atoms with Crippen LogP contribution < -0.4 is 0 Å². The van der Waals surface area contributed by atoms with E-state index in [1.807, 2.05) is 0 Å². The van der Waals surface area contributed by atoms with Gasteiger partial charge in [-0.25, -0.2) is 0 Å². The lowest BCUT2D eigenvalue weighted by Gasteiger charge is -2.21. The summed E-state index contributed by atoms with van der Waals surface area (Å²) in [5, 5.41) is 20.9. The minimum atomic E-state index is -1.08. The summed E-state index contributed by atoms with van der Waals surface area (Å²) in [7, 11) is 0. The molecule has 0 unspecified atom stereocenters. The standard InChI is InChI=1S/C18H22N4O2/c23-17(10-13-5-6-14-3-1-2-4-15(14)9-13)22-8-7-18(24,12-22)16-11-19-21-20-16/h5-6,9,11,24H,1-4,7-8,10,12H2,(H,19,20,21)/t18-/m0/s1. The van der Waals surface area contributed by atoms with Crippen molar-refractivity contribution in [3.8, 4) is 0 Å². The number of amides is 1. The zero-order chi connectivity index (χ0) is 16.6. The molecule has 1 aromatic heterocycles. The number of aromatic nitrogens is 3. The molecule has 126 valence electrons. The molecule has 1 atom stereocenters. The number of nitrogens with zero attached hydrogens (tertiary/aromatic N) is 3. The molecule has 1 amide bonds. The van der Waals surface area contributed by atoms with Crippen molar-refractivity contribution in [1.82, 2.24) is 20.3 Å². The summed E-state index contributed by atoms with van der Waals surface area (Å²) < 4.78 is 0. The fourth-order valence-electron chi connectivity index (χ4n) is 3.82. The van der Waals surface area contributed by atoms with Crippen molar-refractivity contribution in [3.05, 3.63) is 46.8 Å². The first-order chi connectivity index (χ1) is 11.6. The van der Waals surface area contributed by atoms with Gasteiger partial charge in [-0.1, -0.05) is 18.2 Å². The molecular formula is C18H22N4O2. The molecule has 0 spiro atoms. The molecule has 0 bridgehead atoms. The third kappa shape index (κ3) is 2.82. The Morgan fingerprint density at radius 1 is 1.29 bits per heavy atom. The Balaban J connectivity index is 1.44. The van der Waals surface area contributed by atoms with Crippen LogP contribution >= 0.6 is 0 Å². The Bertz CT molecular complexity index is 743. The van der Waals surface area contributed by atoms with E-state index in [0.717, 1.165) is 18.4 Å². The molecule has 2 heterocycles. The lowest BCUT2D eigenvalue weighted by Crippen LogP contribution is -2.35. The second-order valence-electron chi connectivity index (χ2n) is 6.94. The number of aliphatic hydroxyl groups is 1. The van der Waals surface area contributed by atoms with Crippen molar-refractivity contribution < 1.29 is 9.90 Å². The summed E-state index contributed by atoms with van der Waals surface area (Å²) in [5.41, 5.74) is 3.31. The van der Waals surface area contributed by atoms with Crippen LogP contribution in [0.3, 0.4) is 0 Å². The van der Waals surface area contributed by atoms with Crippen molar-refractivity contribution in [2.75, 3.05) is 13.1 Å². The fraction of sp³-hybridized carbons (Fsp3) is 0.500. The van der Waals surface area contributed by atoms with Crippen molar-refractivity contribution >= 4 is 5.91 Å². The first-order valence-electron chi connectivity index (χ1n) is 8.61. The molecule has 1 aliphatic carbocycles. The maximum absolute atomic E-state index is 12.6. The second kappa shape index (κ2) is 6.02. The van der Waals surface area contributed by atoms with Crippen LogP contribution in [0.25, 0.3) is 0 Å². The number of H-pyrrole nitrogens is 1. The van der Waals surface area contributed by atoms with Gasteiger partial charge in [0.25, 0.3) is 0 Å². The van der Waals surface area contributed by atoms with Crippen LogP contribution in [-0.4, -0.2) is 44.4 Å². The van der Waals surface area contributed by atoms with Gasteiger partial charge in [0.15, 0.2) is 0 Å². The molecule has 1 aromatic carbocycles. The quantitative estimate of drug-likeness (QED) is 0.892. The van der Waals surface area contributed by atoms with E-state index in [4.69, 9.17) is 0 Å². The zero-order valence-electron chi connectivity index (χ0n) is 13.7. The van der Waals surface area contributed by atoms with Crippen LogP contribution in [0.2, 0.25) is 0 Å². The molecule has 0 radical (unpaired) electrons. The Hall–Kier alpha value is -2.21. The van der Waals surface area contributed by atoms with Crippen molar-refractivity contribution in [2.45, 2.75) is 44.1 Å². The normalized spacial score (nSPS) is 23.3. The number of aryl methyl sites for hydroxylation is 2. The predicted molar refractivity (Wildman–Crippen MR) is 88.3 cm³/mol. The number of carbonyl (C=O) groups is 1. The van der Waals surface area contributed by atoms with Gasteiger partial charge in [0.2, 0.25) is 5.91 Å². The number of aromatic amines is 1. The Morgan fingerprint density at radius 2 is 2.12 bits per heavy atom. The van der Waals surface area contributed by atoms with Gasteiger partial charge in [0.05, 0.1) is 19.2 Å². The van der Waals surface area contributed by atoms with Gasteiger partial charge < -0.3 is 10.0 Å². The monoisotopic (exact) mass is 326 g/mol. The average molecular weight is 326 g/mol. The van der Waals surface area contributed by atoms with E-state index in [0.29, 0.717) is 25.1 Å². The van der Waals surface area contributed by atoms with Gasteiger partial charge in [-0.2, -0.15) is 15.4 Å². The van der Waals surface area contributed by atoms with Gasteiger partial charge in [-0.15, -0.1) is 0 Å². The molecule has 2 aromatic rings. The summed E-state index contributed by atoms with van der Waals surface area (Å²) in [4.78, 5) is 14.3. The molecule has 2 N–H and O–H groups in total. The van der Waals surface area contributed by atoms with Gasteiger partial charge in [0.1, 0.15) is 11.3 Å². The minimum Gasteiger partial charge on any atom is -0.381 e. The molecule has 2 aliphatic rings. The number of hydrogen-bond acceptors (Lipinski definition) is 4. The molecule has 6 heteroatoms. The molecule has 0 saturated carbocycles. The molecule has 24 heavy (non-hydrogen) atoms. The van der Waals surface area contributed by atoms with Crippen LogP contribution in [0.15, 0.2) is 24.4 Å². The van der Waals surface area contributed by atoms with Gasteiger partial charge in [-0.3, -0.25) is 4.79 Å². The number of likely N-dealkylation sites (tertiary alicyclic amines) is 1. The lowest BCUT2D eigenvalue weighted by atomic mass is 9.90. The minimum absolute atomic E-state index is 0.0604. The maximum Gasteiger partial charge on any atom is 0.227 e. The number of rotatable bonds is 3. The average Bonchev–Trinajstić information content (AvgIpc) is 3.25. The number of carbonyl (C=O) groups excluding carboxylic acids is 1. The third-order valence-electron chi connectivity index (χ3n) is 5.26. The van der Waals surface area contributed by atoms with E-state index < -0.39 is 5.60 Å². The SMILES string of the molecule is O=C(Cc1ccc2c(c1)CCCC2)N1CC[C@@](O)(c2cn[nH]n2)C1. The summed E-state index contributed by atoms with van der Waals surface area (Å²) in [5.74, 6) is 0.0604. The van der Waals surface area contributed by atoms with Crippen molar-refractivity contribution in [3.63, 3.8) is 0 Å². The van der Waals surface area contributed by atoms with E-state index >= 15 is 0 Å². The van der Waals surface area contributed by atoms with Gasteiger partial charge in [-0.05, 0) is 42.4 Å². The zero-order valence-corrected chi connectivity index (χ0v) is 13.7. The molecule has 1 fully saturated rings. The van der Waals surface area contributed by atoms with Crippen LogP contribution in [0.5, 0.6) is 0 Å². The maximum atomic E-state index is 12.6. The van der Waals surface area contributed by atoms with Crippen LogP contribution in [0.1, 0.15) is 41.6 Å². The highest BCUT2D eigenvalue weighted by Gasteiger charge is 2.41. The summed E-state index contributed by atoms with van der Waals surface area (Å²) in [6, 6.07) is 6.43. The Labute approximate surface area is 140 Å². The van der Waals surface area contributed by atoms with Crippen LogP contribution in [0.4, 0.5) is 0 Å². The molecule has 1 saturated heterocycles. The first-order valence-corrected chi connectivity index (χ1v) is 8.61. The fourth-order valence-corrected chi connectivity index (χ4v) is 3.82. The van der Waals surface area contributed by atoms with Gasteiger partial charge in [0, 0.05) is 13.0 Å². The Kier molecular flexibility index (Phi) is 3.84. The number of fused-ring (bicyclic) bond motifs is 1. The second-order valence-corrected chi connectivity index (χ2v) is 6.94. The smallest absolute Gasteiger partial charge is 0.227 e. The van der Waals surface area contributed by atoms with Crippen molar-refractivity contribution in [1.29, 1.82) is 0 Å². The number of β-amino-alcohol motifs (C(OH)–C–C–N with tert-alkyl or cyclic N) is 1. The summed E-state index contributed by atoms with van der Waals surface area (Å²) in [6.45, 7) is 0.830. The molecule has 1 aliphatic heterocycles. The van der Waals surface area contributed by atoms with Crippen LogP contribution in [0, 0.1) is 0 Å². The predicted octanol–water partition coefficient (Wildman–Crippen LogP) is 1.35. The summed E-state index contributed by atoms with van der Waals surface area (Å²) in [6.07, 6.45) is 7.18. The number of hydrogen-bond donors (Lipinski definition) is 2. The highest BCUT2D eigenvalue weighted by molar-refractivity contribution is 5.79. The molecule has 6 nitrogen and oxygen atoms in total. The molecule has 4 rings (SSSR count). The topological polar surface area (TPSA) is 82.1 Å². The van der Waals surface area contributed by atoms with Crippen LogP contribution in [-0.2, 0) is 29.7 Å². The number of benzene rings is 1. The Morgan fingerprint density at radius 3 is 2.92 bits per heavy atom. The van der Waals surface area contributed by atoms with Gasteiger partial charge >= 0.3 is 0 Å². The first kappa shape index (κ1) is 15.3. The third-order valence-corrected chi connectivity index (χ3v) is 5.26. The number of nitrogens with one attached hydrogen (secondary N) is 1. The largest absolute Gasteiger partial charge is 0.381 e. The van der Waals surface area contributed by atoms with E-state index in [1.54, 1.807) is 4.90 Å². The van der Waals surface area contributed by atoms with E-state index in [-0.39, 0.29) is 12.5 Å². The highest BCUT2D eigenvalue weighted by atomic mass is 16.3. The lowest BCUT2D eigenvalue weighted by molar-refractivity contribution is -0.130. The van der Waals surface area contributed by atoms with E-state index in [9.17, 15) is 9.90 Å². The van der Waals surface area contributed by atoms with Crippen molar-refractivity contribution in [2.24, 2.45) is 0 Å². The summed E-state index contributed by atoms with van der Waals surface area (Å²) >= 11 is 0. The molecular weight excluding hydrogens is 304 g/mol. The van der Waals surface area contributed by atoms with E-state index in [2.05, 4.69) is 33.6 Å².